The first kappa shape index (κ1) is 22.1. The van der Waals surface area contributed by atoms with Crippen LogP contribution in [-0.4, -0.2) is 30.9 Å². The van der Waals surface area contributed by atoms with E-state index in [9.17, 15) is 4.79 Å². The highest BCUT2D eigenvalue weighted by Gasteiger charge is 2.28. The first-order valence-corrected chi connectivity index (χ1v) is 12.0. The fourth-order valence-electron chi connectivity index (χ4n) is 4.32. The predicted molar refractivity (Wildman–Crippen MR) is 134 cm³/mol. The van der Waals surface area contributed by atoms with E-state index in [0.717, 1.165) is 36.0 Å². The molecular weight excluding hydrogens is 458 g/mol. The summed E-state index contributed by atoms with van der Waals surface area (Å²) >= 11 is 1.66. The van der Waals surface area contributed by atoms with Gasteiger partial charge in [-0.2, -0.15) is 4.98 Å². The average Bonchev–Trinajstić information content (AvgIpc) is 3.46. The number of fused-ring (bicyclic) bond motifs is 2. The van der Waals surface area contributed by atoms with Gasteiger partial charge in [0.15, 0.2) is 11.5 Å². The van der Waals surface area contributed by atoms with Gasteiger partial charge in [0.25, 0.3) is 5.56 Å². The van der Waals surface area contributed by atoms with E-state index in [1.807, 2.05) is 30.0 Å². The Labute approximate surface area is 201 Å². The number of halogens is 1. The SMILES string of the molecule is CC(C)n1c(=O)c2cnc(Nc3ccc4c(c3)CCNC4)nc2n1-c1csc(C2CC2)n1.Cl. The molecule has 0 radical (unpaired) electrons. The van der Waals surface area contributed by atoms with Crippen LogP contribution in [0, 0.1) is 0 Å². The lowest BCUT2D eigenvalue weighted by molar-refractivity contribution is 0.472. The summed E-state index contributed by atoms with van der Waals surface area (Å²) in [4.78, 5) is 27.2. The summed E-state index contributed by atoms with van der Waals surface area (Å²) in [6.45, 7) is 5.90. The van der Waals surface area contributed by atoms with Crippen LogP contribution in [0.4, 0.5) is 11.6 Å². The van der Waals surface area contributed by atoms with Crippen molar-refractivity contribution in [2.24, 2.45) is 0 Å². The van der Waals surface area contributed by atoms with E-state index in [1.54, 1.807) is 22.2 Å². The lowest BCUT2D eigenvalue weighted by Crippen LogP contribution is -2.24. The van der Waals surface area contributed by atoms with Crippen LogP contribution in [0.3, 0.4) is 0 Å². The highest BCUT2D eigenvalue weighted by Crippen LogP contribution is 2.42. The molecule has 0 spiro atoms. The molecule has 1 aliphatic heterocycles. The Morgan fingerprint density at radius 2 is 2.06 bits per heavy atom. The molecule has 1 aromatic carbocycles. The Morgan fingerprint density at radius 3 is 2.85 bits per heavy atom. The zero-order chi connectivity index (χ0) is 21.8. The van der Waals surface area contributed by atoms with Crippen molar-refractivity contribution in [3.05, 3.63) is 56.3 Å². The Balaban J connectivity index is 0.00000228. The summed E-state index contributed by atoms with van der Waals surface area (Å²) in [5, 5.41) is 10.4. The molecule has 4 heterocycles. The first-order chi connectivity index (χ1) is 15.6. The lowest BCUT2D eigenvalue weighted by atomic mass is 10.0. The second-order valence-corrected chi connectivity index (χ2v) is 9.73. The molecule has 1 fully saturated rings. The quantitative estimate of drug-likeness (QED) is 0.439. The second-order valence-electron chi connectivity index (χ2n) is 8.84. The summed E-state index contributed by atoms with van der Waals surface area (Å²) in [7, 11) is 0. The van der Waals surface area contributed by atoms with Gasteiger partial charge in [0.2, 0.25) is 5.95 Å². The van der Waals surface area contributed by atoms with Gasteiger partial charge >= 0.3 is 0 Å². The van der Waals surface area contributed by atoms with Gasteiger partial charge in [-0.15, -0.1) is 23.7 Å². The Bertz CT molecular complexity index is 1390. The third-order valence-corrected chi connectivity index (χ3v) is 7.11. The molecule has 0 bridgehead atoms. The number of rotatable bonds is 5. The number of anilines is 2. The minimum atomic E-state index is -0.0937. The molecule has 33 heavy (non-hydrogen) atoms. The van der Waals surface area contributed by atoms with Crippen molar-refractivity contribution in [3.8, 4) is 5.82 Å². The van der Waals surface area contributed by atoms with Gasteiger partial charge in [-0.25, -0.2) is 19.3 Å². The first-order valence-electron chi connectivity index (χ1n) is 11.1. The van der Waals surface area contributed by atoms with Crippen LogP contribution in [0.5, 0.6) is 0 Å². The third-order valence-electron chi connectivity index (χ3n) is 6.11. The van der Waals surface area contributed by atoms with Crippen molar-refractivity contribution in [1.82, 2.24) is 29.6 Å². The summed E-state index contributed by atoms with van der Waals surface area (Å²) in [5.41, 5.74) is 4.11. The van der Waals surface area contributed by atoms with Gasteiger partial charge in [0.05, 0.1) is 5.01 Å². The lowest BCUT2D eigenvalue weighted by Gasteiger charge is -2.18. The van der Waals surface area contributed by atoms with Crippen LogP contribution in [-0.2, 0) is 13.0 Å². The summed E-state index contributed by atoms with van der Waals surface area (Å²) in [6.07, 6.45) is 5.03. The number of thiazole rings is 1. The van der Waals surface area contributed by atoms with Gasteiger partial charge in [-0.1, -0.05) is 6.07 Å². The number of hydrogen-bond acceptors (Lipinski definition) is 7. The van der Waals surface area contributed by atoms with Crippen LogP contribution in [0.15, 0.2) is 34.6 Å². The molecule has 1 aliphatic carbocycles. The van der Waals surface area contributed by atoms with Crippen molar-refractivity contribution in [1.29, 1.82) is 0 Å². The maximum atomic E-state index is 13.2. The van der Waals surface area contributed by atoms with Crippen molar-refractivity contribution in [3.63, 3.8) is 0 Å². The molecule has 3 aromatic heterocycles. The second kappa shape index (κ2) is 8.55. The predicted octanol–water partition coefficient (Wildman–Crippen LogP) is 4.31. The van der Waals surface area contributed by atoms with Crippen molar-refractivity contribution < 1.29 is 0 Å². The van der Waals surface area contributed by atoms with E-state index >= 15 is 0 Å². The minimum Gasteiger partial charge on any atom is -0.324 e. The van der Waals surface area contributed by atoms with E-state index in [-0.39, 0.29) is 24.0 Å². The number of hydrogen-bond donors (Lipinski definition) is 2. The third kappa shape index (κ3) is 3.94. The number of aromatic nitrogens is 5. The van der Waals surface area contributed by atoms with E-state index < -0.39 is 0 Å². The molecule has 10 heteroatoms. The van der Waals surface area contributed by atoms with E-state index in [0.29, 0.717) is 22.9 Å². The normalized spacial score (nSPS) is 15.5. The molecule has 0 saturated heterocycles. The van der Waals surface area contributed by atoms with Gasteiger partial charge in [-0.05, 0) is 62.9 Å². The van der Waals surface area contributed by atoms with Crippen LogP contribution >= 0.6 is 23.7 Å². The molecule has 8 nitrogen and oxygen atoms in total. The molecule has 2 N–H and O–H groups in total. The molecule has 0 atom stereocenters. The summed E-state index contributed by atoms with van der Waals surface area (Å²) < 4.78 is 3.58. The number of nitrogens with zero attached hydrogens (tertiary/aromatic N) is 5. The molecule has 172 valence electrons. The van der Waals surface area contributed by atoms with Crippen LogP contribution in [0.1, 0.15) is 54.8 Å². The zero-order valence-corrected chi connectivity index (χ0v) is 20.2. The monoisotopic (exact) mass is 483 g/mol. The largest absolute Gasteiger partial charge is 0.324 e. The standard InChI is InChI=1S/C23H25N7OS.ClH/c1-13(2)29-22(31)18-11-25-23(26-17-6-5-16-10-24-8-7-15(16)9-17)28-20(18)30(29)19-12-32-21(27-19)14-3-4-14;/h5-6,9,11-14,24H,3-4,7-8,10H2,1-2H3,(H,25,26,28);1H. The summed E-state index contributed by atoms with van der Waals surface area (Å²) in [5.74, 6) is 1.79. The molecule has 1 saturated carbocycles. The van der Waals surface area contributed by atoms with Crippen molar-refractivity contribution in [2.75, 3.05) is 11.9 Å². The van der Waals surface area contributed by atoms with Crippen molar-refractivity contribution >= 4 is 46.4 Å². The molecule has 0 unspecified atom stereocenters. The van der Waals surface area contributed by atoms with Gasteiger partial charge in [0, 0.05) is 35.8 Å². The fourth-order valence-corrected chi connectivity index (χ4v) is 5.28. The Kier molecular flexibility index (Phi) is 5.72. The van der Waals surface area contributed by atoms with Crippen molar-refractivity contribution in [2.45, 2.75) is 51.6 Å². The molecular formula is C23H26ClN7OS. The minimum absolute atomic E-state index is 0. The number of nitrogens with one attached hydrogen (secondary N) is 2. The molecule has 6 rings (SSSR count). The van der Waals surface area contributed by atoms with Crippen LogP contribution in [0.2, 0.25) is 0 Å². The smallest absolute Gasteiger partial charge is 0.278 e. The fraction of sp³-hybridized carbons (Fsp3) is 0.391. The number of benzene rings is 1. The maximum absolute atomic E-state index is 13.2. The maximum Gasteiger partial charge on any atom is 0.278 e. The van der Waals surface area contributed by atoms with E-state index in [1.165, 1.54) is 24.0 Å². The van der Waals surface area contributed by atoms with Crippen LogP contribution < -0.4 is 16.2 Å². The molecule has 2 aliphatic rings. The van der Waals surface area contributed by atoms with Gasteiger partial charge in [0.1, 0.15) is 5.39 Å². The highest BCUT2D eigenvalue weighted by atomic mass is 35.5. The van der Waals surface area contributed by atoms with Gasteiger partial charge < -0.3 is 10.6 Å². The van der Waals surface area contributed by atoms with E-state index in [4.69, 9.17) is 9.97 Å². The average molecular weight is 484 g/mol. The topological polar surface area (TPSA) is 89.7 Å². The zero-order valence-electron chi connectivity index (χ0n) is 18.5. The molecule has 4 aromatic rings. The summed E-state index contributed by atoms with van der Waals surface area (Å²) in [6, 6.07) is 6.32. The highest BCUT2D eigenvalue weighted by molar-refractivity contribution is 7.10. The van der Waals surface area contributed by atoms with E-state index in [2.05, 4.69) is 27.8 Å². The Hall–Kier alpha value is -2.75. The van der Waals surface area contributed by atoms with Crippen LogP contribution in [0.25, 0.3) is 16.9 Å². The van der Waals surface area contributed by atoms with Gasteiger partial charge in [-0.3, -0.25) is 4.79 Å². The Morgan fingerprint density at radius 1 is 1.21 bits per heavy atom. The molecule has 0 amide bonds.